The van der Waals surface area contributed by atoms with Crippen LogP contribution in [0.4, 0.5) is 11.4 Å². The molecule has 1 aliphatic rings. The van der Waals surface area contributed by atoms with E-state index in [0.717, 1.165) is 5.69 Å². The molecule has 1 aromatic heterocycles. The normalized spacial score (nSPS) is 16.8. The van der Waals surface area contributed by atoms with E-state index in [-0.39, 0.29) is 24.0 Å². The highest BCUT2D eigenvalue weighted by Crippen LogP contribution is 2.33. The zero-order valence-electron chi connectivity index (χ0n) is 16.1. The number of nitrogens with zero attached hydrogens (tertiary/aromatic N) is 3. The topological polar surface area (TPSA) is 105 Å². The Kier molecular flexibility index (Phi) is 5.48. The molecule has 0 aliphatic carbocycles. The van der Waals surface area contributed by atoms with Gasteiger partial charge in [-0.25, -0.2) is 8.42 Å². The third-order valence-electron chi connectivity index (χ3n) is 4.83. The largest absolute Gasteiger partial charge is 0.339 e. The van der Waals surface area contributed by atoms with Crippen LogP contribution in [0.5, 0.6) is 0 Å². The lowest BCUT2D eigenvalue weighted by atomic mass is 10.1. The van der Waals surface area contributed by atoms with E-state index in [2.05, 4.69) is 14.9 Å². The first-order valence-electron chi connectivity index (χ1n) is 9.35. The summed E-state index contributed by atoms with van der Waals surface area (Å²) in [5.41, 5.74) is 1.88. The van der Waals surface area contributed by atoms with Gasteiger partial charge in [-0.05, 0) is 49.4 Å². The SMILES string of the molecule is CCS(=O)(=O)Nc1ccc(-c2noc([C@@H]3CC(=O)N(c4cccc(Cl)c4)C3)n2)cc1. The number of carbonyl (C=O) groups is 1. The summed E-state index contributed by atoms with van der Waals surface area (Å²) >= 11 is 6.03. The molecule has 0 spiro atoms. The Labute approximate surface area is 178 Å². The molecule has 1 N–H and O–H groups in total. The third-order valence-corrected chi connectivity index (χ3v) is 6.37. The van der Waals surface area contributed by atoms with Crippen LogP contribution in [0, 0.1) is 0 Å². The number of aromatic nitrogens is 2. The van der Waals surface area contributed by atoms with E-state index in [1.807, 2.05) is 6.07 Å². The number of amides is 1. The van der Waals surface area contributed by atoms with Crippen LogP contribution in [0.1, 0.15) is 25.2 Å². The molecule has 0 saturated carbocycles. The first-order valence-corrected chi connectivity index (χ1v) is 11.4. The summed E-state index contributed by atoms with van der Waals surface area (Å²) in [5.74, 6) is 0.514. The number of sulfonamides is 1. The number of hydrogen-bond acceptors (Lipinski definition) is 6. The first-order chi connectivity index (χ1) is 14.3. The Bertz CT molecular complexity index is 1180. The van der Waals surface area contributed by atoms with E-state index >= 15 is 0 Å². The smallest absolute Gasteiger partial charge is 0.232 e. The first kappa shape index (κ1) is 20.4. The maximum atomic E-state index is 12.5. The average molecular weight is 447 g/mol. The van der Waals surface area contributed by atoms with Gasteiger partial charge in [0.25, 0.3) is 0 Å². The number of nitrogens with one attached hydrogen (secondary N) is 1. The minimum Gasteiger partial charge on any atom is -0.339 e. The zero-order chi connectivity index (χ0) is 21.3. The lowest BCUT2D eigenvalue weighted by Crippen LogP contribution is -2.24. The summed E-state index contributed by atoms with van der Waals surface area (Å²) in [6.07, 6.45) is 0.270. The molecular weight excluding hydrogens is 428 g/mol. The lowest BCUT2D eigenvalue weighted by Gasteiger charge is -2.16. The van der Waals surface area contributed by atoms with Crippen LogP contribution in [-0.4, -0.2) is 36.8 Å². The molecule has 3 aromatic rings. The Morgan fingerprint density at radius 3 is 2.70 bits per heavy atom. The maximum absolute atomic E-state index is 12.5. The van der Waals surface area contributed by atoms with Gasteiger partial charge in [-0.2, -0.15) is 4.98 Å². The van der Waals surface area contributed by atoms with Crippen molar-refractivity contribution in [1.82, 2.24) is 10.1 Å². The fraction of sp³-hybridized carbons (Fsp3) is 0.250. The molecule has 1 aliphatic heterocycles. The fourth-order valence-electron chi connectivity index (χ4n) is 3.22. The van der Waals surface area contributed by atoms with Crippen molar-refractivity contribution in [3.05, 3.63) is 59.4 Å². The average Bonchev–Trinajstić information content (AvgIpc) is 3.35. The van der Waals surface area contributed by atoms with Gasteiger partial charge in [0.15, 0.2) is 0 Å². The highest BCUT2D eigenvalue weighted by molar-refractivity contribution is 7.92. The van der Waals surface area contributed by atoms with Crippen LogP contribution in [0.2, 0.25) is 5.02 Å². The minimum absolute atomic E-state index is 0.00470. The molecule has 8 nitrogen and oxygen atoms in total. The number of halogens is 1. The summed E-state index contributed by atoms with van der Waals surface area (Å²) in [5, 5.41) is 4.58. The fourth-order valence-corrected chi connectivity index (χ4v) is 4.05. The summed E-state index contributed by atoms with van der Waals surface area (Å²) < 4.78 is 31.2. The van der Waals surface area contributed by atoms with Gasteiger partial charge in [-0.1, -0.05) is 22.8 Å². The molecule has 1 amide bonds. The van der Waals surface area contributed by atoms with Gasteiger partial charge in [0, 0.05) is 34.9 Å². The predicted molar refractivity (Wildman–Crippen MR) is 114 cm³/mol. The van der Waals surface area contributed by atoms with Crippen LogP contribution >= 0.6 is 11.6 Å². The molecule has 2 aromatic carbocycles. The van der Waals surface area contributed by atoms with Crippen molar-refractivity contribution in [3.63, 3.8) is 0 Å². The molecule has 4 rings (SSSR count). The molecule has 0 unspecified atom stereocenters. The summed E-state index contributed by atoms with van der Waals surface area (Å²) in [7, 11) is -3.34. The monoisotopic (exact) mass is 446 g/mol. The molecule has 30 heavy (non-hydrogen) atoms. The Hall–Kier alpha value is -2.91. The van der Waals surface area contributed by atoms with Crippen molar-refractivity contribution < 1.29 is 17.7 Å². The standard InChI is InChI=1S/C20H19ClN4O4S/c1-2-30(27,28)24-16-8-6-13(7-9-16)19-22-20(29-23-19)14-10-18(26)25(12-14)17-5-3-4-15(21)11-17/h3-9,11,14,24H,2,10,12H2,1H3/t14-/m1/s1. The summed E-state index contributed by atoms with van der Waals surface area (Å²) in [6.45, 7) is 2.00. The highest BCUT2D eigenvalue weighted by Gasteiger charge is 2.35. The Morgan fingerprint density at radius 1 is 1.23 bits per heavy atom. The van der Waals surface area contributed by atoms with Gasteiger partial charge in [-0.3, -0.25) is 9.52 Å². The zero-order valence-corrected chi connectivity index (χ0v) is 17.7. The molecule has 0 radical (unpaired) electrons. The second-order valence-electron chi connectivity index (χ2n) is 6.92. The van der Waals surface area contributed by atoms with E-state index in [9.17, 15) is 13.2 Å². The number of rotatable bonds is 6. The molecule has 156 valence electrons. The van der Waals surface area contributed by atoms with Gasteiger partial charge in [0.05, 0.1) is 11.7 Å². The van der Waals surface area contributed by atoms with Gasteiger partial charge in [0.1, 0.15) is 0 Å². The van der Waals surface area contributed by atoms with Crippen molar-refractivity contribution in [2.24, 2.45) is 0 Å². The van der Waals surface area contributed by atoms with E-state index in [0.29, 0.717) is 34.5 Å². The molecule has 10 heteroatoms. The molecule has 1 saturated heterocycles. The van der Waals surface area contributed by atoms with Gasteiger partial charge >= 0.3 is 0 Å². The van der Waals surface area contributed by atoms with Crippen LogP contribution in [0.25, 0.3) is 11.4 Å². The van der Waals surface area contributed by atoms with E-state index in [1.165, 1.54) is 0 Å². The van der Waals surface area contributed by atoms with Crippen LogP contribution in [0.15, 0.2) is 53.1 Å². The Balaban J connectivity index is 1.49. The number of hydrogen-bond donors (Lipinski definition) is 1. The van der Waals surface area contributed by atoms with Crippen molar-refractivity contribution in [1.29, 1.82) is 0 Å². The highest BCUT2D eigenvalue weighted by atomic mass is 35.5. The summed E-state index contributed by atoms with van der Waals surface area (Å²) in [4.78, 5) is 18.6. The second-order valence-corrected chi connectivity index (χ2v) is 9.37. The van der Waals surface area contributed by atoms with Crippen LogP contribution in [-0.2, 0) is 14.8 Å². The van der Waals surface area contributed by atoms with Crippen molar-refractivity contribution in [3.8, 4) is 11.4 Å². The van der Waals surface area contributed by atoms with E-state index in [4.69, 9.17) is 16.1 Å². The molecule has 0 bridgehead atoms. The summed E-state index contributed by atoms with van der Waals surface area (Å²) in [6, 6.07) is 13.8. The van der Waals surface area contributed by atoms with Crippen molar-refractivity contribution >= 4 is 38.9 Å². The van der Waals surface area contributed by atoms with Crippen LogP contribution in [0.3, 0.4) is 0 Å². The lowest BCUT2D eigenvalue weighted by molar-refractivity contribution is -0.117. The number of anilines is 2. The predicted octanol–water partition coefficient (Wildman–Crippen LogP) is 3.67. The van der Waals surface area contributed by atoms with Gasteiger partial charge < -0.3 is 9.42 Å². The number of benzene rings is 2. The van der Waals surface area contributed by atoms with E-state index in [1.54, 1.807) is 54.3 Å². The van der Waals surface area contributed by atoms with Gasteiger partial charge in [-0.15, -0.1) is 0 Å². The second kappa shape index (κ2) is 8.08. The minimum atomic E-state index is -3.34. The quantitative estimate of drug-likeness (QED) is 0.619. The maximum Gasteiger partial charge on any atom is 0.232 e. The molecule has 1 fully saturated rings. The van der Waals surface area contributed by atoms with E-state index < -0.39 is 10.0 Å². The van der Waals surface area contributed by atoms with Crippen molar-refractivity contribution in [2.75, 3.05) is 21.9 Å². The molecule has 1 atom stereocenters. The molecular formula is C20H19ClN4O4S. The van der Waals surface area contributed by atoms with Gasteiger partial charge in [0.2, 0.25) is 27.6 Å². The molecule has 2 heterocycles. The van der Waals surface area contributed by atoms with Crippen molar-refractivity contribution in [2.45, 2.75) is 19.3 Å². The Morgan fingerprint density at radius 2 is 2.00 bits per heavy atom. The third kappa shape index (κ3) is 4.31. The number of carbonyl (C=O) groups excluding carboxylic acids is 1. The van der Waals surface area contributed by atoms with Crippen LogP contribution < -0.4 is 9.62 Å².